The van der Waals surface area contributed by atoms with Gasteiger partial charge in [0, 0.05) is 37.7 Å². The minimum atomic E-state index is -0.0477. The van der Waals surface area contributed by atoms with E-state index in [1.807, 2.05) is 13.8 Å². The minimum Gasteiger partial charge on any atom is -0.486 e. The van der Waals surface area contributed by atoms with E-state index in [9.17, 15) is 9.59 Å². The maximum atomic E-state index is 12.8. The molecule has 0 spiro atoms. The number of likely N-dealkylation sites (tertiary alicyclic amines) is 1. The number of carbonyl (C=O) groups is 2. The first-order valence-electron chi connectivity index (χ1n) is 9.48. The first kappa shape index (κ1) is 19.8. The van der Waals surface area contributed by atoms with Crippen LogP contribution in [0.25, 0.3) is 0 Å². The number of tetrazole rings is 1. The molecule has 1 aliphatic rings. The molecular formula is C19H26N6O3. The molecule has 28 heavy (non-hydrogen) atoms. The maximum Gasteiger partial charge on any atom is 0.253 e. The van der Waals surface area contributed by atoms with Crippen LogP contribution in [-0.4, -0.2) is 56.1 Å². The Morgan fingerprint density at radius 2 is 2.04 bits per heavy atom. The summed E-state index contributed by atoms with van der Waals surface area (Å²) in [6.07, 6.45) is 1.36. The Balaban J connectivity index is 1.56. The lowest BCUT2D eigenvalue weighted by molar-refractivity contribution is -0.126. The molecule has 2 amide bonds. The number of ether oxygens (including phenoxy) is 1. The third-order valence-corrected chi connectivity index (χ3v) is 4.74. The van der Waals surface area contributed by atoms with Crippen molar-refractivity contribution < 1.29 is 14.3 Å². The van der Waals surface area contributed by atoms with Crippen molar-refractivity contribution in [3.05, 3.63) is 35.7 Å². The highest BCUT2D eigenvalue weighted by Crippen LogP contribution is 2.21. The highest BCUT2D eigenvalue weighted by molar-refractivity contribution is 5.94. The summed E-state index contributed by atoms with van der Waals surface area (Å²) in [4.78, 5) is 26.8. The minimum absolute atomic E-state index is 0.0267. The largest absolute Gasteiger partial charge is 0.486 e. The lowest BCUT2D eigenvalue weighted by atomic mass is 9.95. The number of amides is 2. The molecule has 0 atom stereocenters. The summed E-state index contributed by atoms with van der Waals surface area (Å²) in [6, 6.07) is 7.22. The zero-order valence-electron chi connectivity index (χ0n) is 16.5. The molecule has 0 saturated carbocycles. The van der Waals surface area contributed by atoms with Crippen LogP contribution in [0, 0.1) is 5.92 Å². The van der Waals surface area contributed by atoms with Crippen LogP contribution in [0.4, 0.5) is 0 Å². The Kier molecular flexibility index (Phi) is 6.23. The number of nitrogens with one attached hydrogen (secondary N) is 1. The van der Waals surface area contributed by atoms with E-state index in [1.165, 1.54) is 4.68 Å². The molecule has 3 rings (SSSR count). The highest BCUT2D eigenvalue weighted by atomic mass is 16.5. The van der Waals surface area contributed by atoms with Gasteiger partial charge >= 0.3 is 0 Å². The Bertz CT molecular complexity index is 827. The smallest absolute Gasteiger partial charge is 0.253 e. The van der Waals surface area contributed by atoms with Gasteiger partial charge in [0.1, 0.15) is 12.4 Å². The van der Waals surface area contributed by atoms with Gasteiger partial charge < -0.3 is 15.0 Å². The quantitative estimate of drug-likeness (QED) is 0.799. The molecular weight excluding hydrogens is 360 g/mol. The number of rotatable bonds is 6. The van der Waals surface area contributed by atoms with Crippen molar-refractivity contribution in [3.8, 4) is 5.75 Å². The van der Waals surface area contributed by atoms with Gasteiger partial charge in [0.2, 0.25) is 5.91 Å². The molecule has 9 heteroatoms. The molecule has 1 aromatic carbocycles. The SMILES string of the molecule is CC(C)NC(=O)C1CCN(C(=O)c2cccc(OCc3nnnn3C)c2)CC1. The number of aryl methyl sites for hydroxylation is 1. The molecule has 150 valence electrons. The van der Waals surface area contributed by atoms with Crippen LogP contribution in [0.2, 0.25) is 0 Å². The number of hydrogen-bond acceptors (Lipinski definition) is 6. The first-order valence-corrected chi connectivity index (χ1v) is 9.48. The average molecular weight is 386 g/mol. The van der Waals surface area contributed by atoms with Gasteiger partial charge in [0.15, 0.2) is 5.82 Å². The first-order chi connectivity index (χ1) is 13.4. The van der Waals surface area contributed by atoms with Crippen LogP contribution in [-0.2, 0) is 18.4 Å². The fourth-order valence-electron chi connectivity index (χ4n) is 3.17. The Labute approximate surface area is 164 Å². The summed E-state index contributed by atoms with van der Waals surface area (Å²) in [7, 11) is 1.74. The number of piperidine rings is 1. The maximum absolute atomic E-state index is 12.8. The standard InChI is InChI=1S/C19H26N6O3/c1-13(2)20-18(26)14-7-9-25(10-8-14)19(27)15-5-4-6-16(11-15)28-12-17-21-22-23-24(17)3/h4-6,11,13-14H,7-10,12H2,1-3H3,(H,20,26). The Morgan fingerprint density at radius 3 is 2.68 bits per heavy atom. The molecule has 1 aromatic heterocycles. The summed E-state index contributed by atoms with van der Waals surface area (Å²) in [5.74, 6) is 1.18. The van der Waals surface area contributed by atoms with Crippen molar-refractivity contribution in [2.24, 2.45) is 13.0 Å². The Morgan fingerprint density at radius 1 is 1.29 bits per heavy atom. The number of aromatic nitrogens is 4. The predicted octanol–water partition coefficient (Wildman–Crippen LogP) is 1.17. The van der Waals surface area contributed by atoms with Crippen LogP contribution in [0.15, 0.2) is 24.3 Å². The molecule has 0 radical (unpaired) electrons. The van der Waals surface area contributed by atoms with Gasteiger partial charge in [0.25, 0.3) is 5.91 Å². The van der Waals surface area contributed by atoms with Crippen molar-refractivity contribution >= 4 is 11.8 Å². The van der Waals surface area contributed by atoms with Crippen molar-refractivity contribution in [1.82, 2.24) is 30.4 Å². The van der Waals surface area contributed by atoms with Crippen molar-refractivity contribution in [1.29, 1.82) is 0 Å². The number of benzene rings is 1. The second-order valence-electron chi connectivity index (χ2n) is 7.26. The van der Waals surface area contributed by atoms with Crippen LogP contribution in [0.5, 0.6) is 5.75 Å². The average Bonchev–Trinajstić information content (AvgIpc) is 3.10. The van der Waals surface area contributed by atoms with Crippen molar-refractivity contribution in [2.45, 2.75) is 39.3 Å². The highest BCUT2D eigenvalue weighted by Gasteiger charge is 2.28. The van der Waals surface area contributed by atoms with E-state index >= 15 is 0 Å². The van der Waals surface area contributed by atoms with E-state index in [-0.39, 0.29) is 30.4 Å². The van der Waals surface area contributed by atoms with Crippen LogP contribution in [0.3, 0.4) is 0 Å². The third kappa shape index (κ3) is 4.85. The van der Waals surface area contributed by atoms with Gasteiger partial charge in [-0.2, -0.15) is 0 Å². The molecule has 1 fully saturated rings. The summed E-state index contributed by atoms with van der Waals surface area (Å²) in [5.41, 5.74) is 0.568. The van der Waals surface area contributed by atoms with Crippen molar-refractivity contribution in [2.75, 3.05) is 13.1 Å². The van der Waals surface area contributed by atoms with Crippen molar-refractivity contribution in [3.63, 3.8) is 0 Å². The lowest BCUT2D eigenvalue weighted by Gasteiger charge is -2.31. The van der Waals surface area contributed by atoms with Crippen LogP contribution >= 0.6 is 0 Å². The second-order valence-corrected chi connectivity index (χ2v) is 7.26. The summed E-state index contributed by atoms with van der Waals surface area (Å²) >= 11 is 0. The third-order valence-electron chi connectivity index (χ3n) is 4.74. The van der Waals surface area contributed by atoms with Gasteiger partial charge in [-0.15, -0.1) is 5.10 Å². The van der Waals surface area contributed by atoms with E-state index in [1.54, 1.807) is 36.2 Å². The second kappa shape index (κ2) is 8.81. The van der Waals surface area contributed by atoms with Gasteiger partial charge in [-0.3, -0.25) is 9.59 Å². The van der Waals surface area contributed by atoms with Gasteiger partial charge in [0.05, 0.1) is 0 Å². The molecule has 1 aliphatic heterocycles. The molecule has 9 nitrogen and oxygen atoms in total. The molecule has 0 unspecified atom stereocenters. The van der Waals surface area contributed by atoms with Gasteiger partial charge in [-0.25, -0.2) is 4.68 Å². The van der Waals surface area contributed by atoms with E-state index in [0.29, 0.717) is 43.1 Å². The predicted molar refractivity (Wildman–Crippen MR) is 101 cm³/mol. The van der Waals surface area contributed by atoms with Crippen LogP contribution in [0.1, 0.15) is 42.9 Å². The topological polar surface area (TPSA) is 102 Å². The molecule has 0 bridgehead atoms. The zero-order valence-corrected chi connectivity index (χ0v) is 16.5. The monoisotopic (exact) mass is 386 g/mol. The lowest BCUT2D eigenvalue weighted by Crippen LogP contribution is -2.44. The molecule has 1 N–H and O–H groups in total. The van der Waals surface area contributed by atoms with Gasteiger partial charge in [-0.1, -0.05) is 6.07 Å². The van der Waals surface area contributed by atoms with E-state index in [0.717, 1.165) is 0 Å². The molecule has 0 aliphatic carbocycles. The molecule has 1 saturated heterocycles. The fraction of sp³-hybridized carbons (Fsp3) is 0.526. The number of carbonyl (C=O) groups excluding carboxylic acids is 2. The number of hydrogen-bond donors (Lipinski definition) is 1. The Hall–Kier alpha value is -2.97. The van der Waals surface area contributed by atoms with E-state index in [2.05, 4.69) is 20.8 Å². The summed E-state index contributed by atoms with van der Waals surface area (Å²) in [6.45, 7) is 5.27. The fourth-order valence-corrected chi connectivity index (χ4v) is 3.17. The van der Waals surface area contributed by atoms with Gasteiger partial charge in [-0.05, 0) is 55.3 Å². The number of nitrogens with zero attached hydrogens (tertiary/aromatic N) is 5. The zero-order chi connectivity index (χ0) is 20.1. The molecule has 2 aromatic rings. The molecule has 2 heterocycles. The van der Waals surface area contributed by atoms with E-state index < -0.39 is 0 Å². The summed E-state index contributed by atoms with van der Waals surface area (Å²) < 4.78 is 7.24. The van der Waals surface area contributed by atoms with E-state index in [4.69, 9.17) is 4.74 Å². The normalized spacial score (nSPS) is 14.9. The summed E-state index contributed by atoms with van der Waals surface area (Å²) in [5, 5.41) is 14.1. The van der Waals surface area contributed by atoms with Crippen LogP contribution < -0.4 is 10.1 Å².